The molecule has 0 bridgehead atoms. The predicted octanol–water partition coefficient (Wildman–Crippen LogP) is 2.08. The third-order valence-electron chi connectivity index (χ3n) is 5.82. The Morgan fingerprint density at radius 3 is 2.74 bits per heavy atom. The molecule has 0 amide bonds. The quantitative estimate of drug-likeness (QED) is 0.445. The number of hydrogen-bond acceptors (Lipinski definition) is 8. The van der Waals surface area contributed by atoms with Crippen LogP contribution in [0.3, 0.4) is 0 Å². The zero-order chi connectivity index (χ0) is 20.8. The van der Waals surface area contributed by atoms with Crippen molar-refractivity contribution in [3.63, 3.8) is 0 Å². The monoisotopic (exact) mass is 411 g/mol. The van der Waals surface area contributed by atoms with Crippen molar-refractivity contribution in [2.75, 3.05) is 20.1 Å². The highest BCUT2D eigenvalue weighted by atomic mass is 15.4. The van der Waals surface area contributed by atoms with Crippen LogP contribution >= 0.6 is 0 Å². The Bertz CT molecular complexity index is 1380. The van der Waals surface area contributed by atoms with Crippen molar-refractivity contribution in [3.8, 4) is 16.9 Å². The maximum absolute atomic E-state index is 4.60. The summed E-state index contributed by atoms with van der Waals surface area (Å²) in [6.45, 7) is 2.16. The first-order valence-electron chi connectivity index (χ1n) is 10.2. The van der Waals surface area contributed by atoms with Crippen molar-refractivity contribution in [2.24, 2.45) is 0 Å². The van der Waals surface area contributed by atoms with E-state index in [1.54, 1.807) is 17.1 Å². The Kier molecular flexibility index (Phi) is 4.17. The van der Waals surface area contributed by atoms with E-state index in [0.29, 0.717) is 22.9 Å². The van der Waals surface area contributed by atoms with Crippen molar-refractivity contribution >= 4 is 22.2 Å². The van der Waals surface area contributed by atoms with Gasteiger partial charge in [0.1, 0.15) is 5.69 Å². The Hall–Kier alpha value is -3.79. The van der Waals surface area contributed by atoms with Gasteiger partial charge in [0.25, 0.3) is 0 Å². The summed E-state index contributed by atoms with van der Waals surface area (Å²) in [5.41, 5.74) is 5.16. The molecular weight excluding hydrogens is 392 g/mol. The minimum atomic E-state index is 0.403. The molecule has 6 rings (SSSR count). The van der Waals surface area contributed by atoms with Crippen LogP contribution in [-0.2, 0) is 0 Å². The van der Waals surface area contributed by atoms with Crippen LogP contribution in [0.2, 0.25) is 0 Å². The molecule has 4 aromatic heterocycles. The zero-order valence-electron chi connectivity index (χ0n) is 16.9. The summed E-state index contributed by atoms with van der Waals surface area (Å²) in [7, 11) is 2.16. The molecule has 10 heteroatoms. The molecular formula is C21H19N10. The molecule has 31 heavy (non-hydrogen) atoms. The summed E-state index contributed by atoms with van der Waals surface area (Å²) in [4.78, 5) is 19.7. The highest BCUT2D eigenvalue weighted by molar-refractivity contribution is 5.87. The van der Waals surface area contributed by atoms with Gasteiger partial charge < -0.3 is 4.90 Å². The normalized spacial score (nSPS) is 15.8. The molecule has 0 saturated carbocycles. The smallest absolute Gasteiger partial charge is 0.200 e. The Balaban J connectivity index is 1.39. The molecule has 1 saturated heterocycles. The van der Waals surface area contributed by atoms with Gasteiger partial charge in [0, 0.05) is 24.2 Å². The van der Waals surface area contributed by atoms with Crippen LogP contribution in [0.1, 0.15) is 18.9 Å². The maximum Gasteiger partial charge on any atom is 0.200 e. The fraction of sp³-hybridized carbons (Fsp3) is 0.286. The number of aromatic nitrogens is 9. The molecule has 5 aromatic rings. The SMILES string of the molecule is CN1CCC(n2cc(-c3n[c]nc4c3nnn4-c3ccc4nccnc4c3)cn2)CC1. The summed E-state index contributed by atoms with van der Waals surface area (Å²) in [5.74, 6) is 0. The maximum atomic E-state index is 4.60. The minimum absolute atomic E-state index is 0.403. The molecule has 5 heterocycles. The van der Waals surface area contributed by atoms with E-state index in [9.17, 15) is 0 Å². The molecule has 0 atom stereocenters. The van der Waals surface area contributed by atoms with Crippen LogP contribution in [0.25, 0.3) is 39.1 Å². The van der Waals surface area contributed by atoms with Gasteiger partial charge in [-0.15, -0.1) is 5.10 Å². The fourth-order valence-corrected chi connectivity index (χ4v) is 4.08. The van der Waals surface area contributed by atoms with Crippen LogP contribution in [0.15, 0.2) is 43.0 Å². The van der Waals surface area contributed by atoms with E-state index in [-0.39, 0.29) is 0 Å². The van der Waals surface area contributed by atoms with Crippen LogP contribution in [-0.4, -0.2) is 69.7 Å². The number of likely N-dealkylation sites (tertiary alicyclic amines) is 1. The lowest BCUT2D eigenvalue weighted by Crippen LogP contribution is -2.31. The first kappa shape index (κ1) is 18.0. The van der Waals surface area contributed by atoms with Crippen molar-refractivity contribution in [1.29, 1.82) is 0 Å². The van der Waals surface area contributed by atoms with Gasteiger partial charge in [-0.1, -0.05) is 5.21 Å². The standard InChI is InChI=1S/C21H19N10/c1-29-8-4-15(5-9-29)30-12-14(11-26-30)19-20-21(25-13-24-19)31(28-27-20)16-2-3-17-18(10-16)23-7-6-22-17/h2-3,6-7,10-12,15H,4-5,8-9H2,1H3. The molecule has 1 aliphatic rings. The van der Waals surface area contributed by atoms with Crippen LogP contribution in [0, 0.1) is 6.33 Å². The summed E-state index contributed by atoms with van der Waals surface area (Å²) < 4.78 is 3.72. The number of piperidine rings is 1. The highest BCUT2D eigenvalue weighted by Crippen LogP contribution is 2.27. The third-order valence-corrected chi connectivity index (χ3v) is 5.82. The predicted molar refractivity (Wildman–Crippen MR) is 113 cm³/mol. The second-order valence-corrected chi connectivity index (χ2v) is 7.82. The first-order valence-corrected chi connectivity index (χ1v) is 10.2. The van der Waals surface area contributed by atoms with Gasteiger partial charge in [-0.2, -0.15) is 9.78 Å². The van der Waals surface area contributed by atoms with Crippen molar-refractivity contribution < 1.29 is 0 Å². The lowest BCUT2D eigenvalue weighted by molar-refractivity contribution is 0.212. The van der Waals surface area contributed by atoms with Crippen molar-refractivity contribution in [2.45, 2.75) is 18.9 Å². The van der Waals surface area contributed by atoms with Gasteiger partial charge in [-0.3, -0.25) is 14.6 Å². The van der Waals surface area contributed by atoms with E-state index in [1.807, 2.05) is 35.3 Å². The second-order valence-electron chi connectivity index (χ2n) is 7.82. The molecule has 0 aliphatic carbocycles. The lowest BCUT2D eigenvalue weighted by atomic mass is 10.1. The molecule has 1 aromatic carbocycles. The van der Waals surface area contributed by atoms with Crippen molar-refractivity contribution in [3.05, 3.63) is 49.3 Å². The van der Waals surface area contributed by atoms with E-state index in [2.05, 4.69) is 53.6 Å². The Morgan fingerprint density at radius 2 is 1.87 bits per heavy atom. The van der Waals surface area contributed by atoms with Crippen molar-refractivity contribution in [1.82, 2.24) is 49.6 Å². The Labute approximate surface area is 177 Å². The van der Waals surface area contributed by atoms with Gasteiger partial charge in [0.15, 0.2) is 11.2 Å². The topological polar surface area (TPSA) is 103 Å². The van der Waals surface area contributed by atoms with E-state index in [4.69, 9.17) is 0 Å². The van der Waals surface area contributed by atoms with Gasteiger partial charge in [0.2, 0.25) is 6.33 Å². The molecule has 0 N–H and O–H groups in total. The number of nitrogens with zero attached hydrogens (tertiary/aromatic N) is 10. The van der Waals surface area contributed by atoms with E-state index in [1.165, 1.54) is 0 Å². The molecule has 1 radical (unpaired) electrons. The Morgan fingerprint density at radius 1 is 1.03 bits per heavy atom. The minimum Gasteiger partial charge on any atom is -0.306 e. The van der Waals surface area contributed by atoms with Crippen LogP contribution < -0.4 is 0 Å². The van der Waals surface area contributed by atoms with E-state index in [0.717, 1.165) is 48.2 Å². The molecule has 0 spiro atoms. The highest BCUT2D eigenvalue weighted by Gasteiger charge is 2.21. The molecule has 10 nitrogen and oxygen atoms in total. The van der Waals surface area contributed by atoms with Gasteiger partial charge in [-0.25, -0.2) is 9.97 Å². The fourth-order valence-electron chi connectivity index (χ4n) is 4.08. The lowest BCUT2D eigenvalue weighted by Gasteiger charge is -2.28. The number of fused-ring (bicyclic) bond motifs is 2. The third kappa shape index (κ3) is 3.12. The number of benzene rings is 1. The summed E-state index contributed by atoms with van der Waals surface area (Å²) >= 11 is 0. The summed E-state index contributed by atoms with van der Waals surface area (Å²) in [6.07, 6.45) is 12.1. The second kappa shape index (κ2) is 7.17. The van der Waals surface area contributed by atoms with Gasteiger partial charge in [0.05, 0.1) is 29.0 Å². The average Bonchev–Trinajstić information content (AvgIpc) is 3.47. The first-order chi connectivity index (χ1) is 15.3. The molecule has 0 unspecified atom stereocenters. The summed E-state index contributed by atoms with van der Waals surface area (Å²) in [6, 6.07) is 6.14. The van der Waals surface area contributed by atoms with E-state index >= 15 is 0 Å². The van der Waals surface area contributed by atoms with Gasteiger partial charge in [-0.05, 0) is 51.2 Å². The average molecular weight is 411 g/mol. The molecule has 1 fully saturated rings. The molecule has 1 aliphatic heterocycles. The van der Waals surface area contributed by atoms with Gasteiger partial charge >= 0.3 is 0 Å². The van der Waals surface area contributed by atoms with E-state index < -0.39 is 0 Å². The molecule has 153 valence electrons. The number of rotatable bonds is 3. The van der Waals surface area contributed by atoms with Crippen LogP contribution in [0.4, 0.5) is 0 Å². The zero-order valence-corrected chi connectivity index (χ0v) is 16.9. The largest absolute Gasteiger partial charge is 0.306 e. The van der Waals surface area contributed by atoms with Crippen LogP contribution in [0.5, 0.6) is 0 Å². The number of hydrogen-bond donors (Lipinski definition) is 0. The summed E-state index contributed by atoms with van der Waals surface area (Å²) in [5, 5.41) is 13.3.